The zero-order valence-corrected chi connectivity index (χ0v) is 11.9. The molecule has 3 aromatic rings. The molecule has 3 rings (SSSR count). The Morgan fingerprint density at radius 2 is 1.65 bits per heavy atom. The van der Waals surface area contributed by atoms with Crippen LogP contribution >= 0.6 is 15.9 Å². The number of halogens is 4. The molecule has 3 aromatic carbocycles. The molecule has 0 unspecified atom stereocenters. The van der Waals surface area contributed by atoms with Gasteiger partial charge >= 0.3 is 6.18 Å². The highest BCUT2D eigenvalue weighted by molar-refractivity contribution is 9.08. The van der Waals surface area contributed by atoms with Gasteiger partial charge in [-0.1, -0.05) is 46.3 Å². The Morgan fingerprint density at radius 1 is 0.850 bits per heavy atom. The number of alkyl halides is 4. The van der Waals surface area contributed by atoms with Crippen molar-refractivity contribution in [2.75, 3.05) is 0 Å². The molecule has 0 aliphatic carbocycles. The average Bonchev–Trinajstić information content (AvgIpc) is 2.42. The van der Waals surface area contributed by atoms with Crippen molar-refractivity contribution in [3.8, 4) is 0 Å². The fourth-order valence-corrected chi connectivity index (χ4v) is 2.75. The van der Waals surface area contributed by atoms with E-state index in [0.29, 0.717) is 5.39 Å². The molecule has 0 radical (unpaired) electrons. The third-order valence-electron chi connectivity index (χ3n) is 3.36. The van der Waals surface area contributed by atoms with Crippen LogP contribution in [0.4, 0.5) is 13.2 Å². The van der Waals surface area contributed by atoms with Gasteiger partial charge in [0.1, 0.15) is 0 Å². The number of benzene rings is 3. The normalized spacial score (nSPS) is 12.2. The van der Waals surface area contributed by atoms with Crippen LogP contribution in [0.5, 0.6) is 0 Å². The van der Waals surface area contributed by atoms with Crippen LogP contribution < -0.4 is 0 Å². The Morgan fingerprint density at radius 3 is 2.35 bits per heavy atom. The van der Waals surface area contributed by atoms with Gasteiger partial charge in [0.15, 0.2) is 0 Å². The summed E-state index contributed by atoms with van der Waals surface area (Å²) in [7, 11) is 0. The first kappa shape index (κ1) is 13.4. The molecule has 0 aromatic heterocycles. The van der Waals surface area contributed by atoms with E-state index < -0.39 is 11.7 Å². The van der Waals surface area contributed by atoms with E-state index >= 15 is 0 Å². The Bertz CT molecular complexity index is 791. The van der Waals surface area contributed by atoms with E-state index in [1.54, 1.807) is 12.1 Å². The van der Waals surface area contributed by atoms with Gasteiger partial charge in [-0.15, -0.1) is 0 Å². The maximum atomic E-state index is 13.0. The summed E-state index contributed by atoms with van der Waals surface area (Å²) in [4.78, 5) is 0. The van der Waals surface area contributed by atoms with Gasteiger partial charge in [0.25, 0.3) is 0 Å². The van der Waals surface area contributed by atoms with Crippen LogP contribution in [0, 0.1) is 0 Å². The molecule has 0 saturated carbocycles. The van der Waals surface area contributed by atoms with E-state index in [9.17, 15) is 13.2 Å². The summed E-state index contributed by atoms with van der Waals surface area (Å²) in [6.45, 7) is 0. The largest absolute Gasteiger partial charge is 0.417 e. The monoisotopic (exact) mass is 338 g/mol. The second-order valence-corrected chi connectivity index (χ2v) is 5.25. The van der Waals surface area contributed by atoms with Gasteiger partial charge in [-0.3, -0.25) is 0 Å². The highest BCUT2D eigenvalue weighted by Gasteiger charge is 2.32. The molecule has 0 aliphatic heterocycles. The minimum absolute atomic E-state index is 0.249. The van der Waals surface area contributed by atoms with Gasteiger partial charge in [-0.2, -0.15) is 13.2 Å². The first-order valence-corrected chi connectivity index (χ1v) is 7.20. The number of rotatable bonds is 1. The molecule has 0 aliphatic rings. The first-order chi connectivity index (χ1) is 9.49. The van der Waals surface area contributed by atoms with E-state index in [2.05, 4.69) is 15.9 Å². The van der Waals surface area contributed by atoms with Gasteiger partial charge in [-0.05, 0) is 45.3 Å². The van der Waals surface area contributed by atoms with Gasteiger partial charge in [0, 0.05) is 5.33 Å². The van der Waals surface area contributed by atoms with Gasteiger partial charge in [0.2, 0.25) is 0 Å². The highest BCUT2D eigenvalue weighted by atomic mass is 79.9. The molecule has 20 heavy (non-hydrogen) atoms. The predicted molar refractivity (Wildman–Crippen MR) is 79.1 cm³/mol. The van der Waals surface area contributed by atoms with Crippen molar-refractivity contribution in [1.29, 1.82) is 0 Å². The van der Waals surface area contributed by atoms with Crippen molar-refractivity contribution in [2.45, 2.75) is 11.5 Å². The second kappa shape index (κ2) is 4.77. The molecule has 0 spiro atoms. The lowest BCUT2D eigenvalue weighted by molar-refractivity contribution is -0.136. The molecule has 0 amide bonds. The Balaban J connectivity index is 2.35. The van der Waals surface area contributed by atoms with Crippen LogP contribution in [0.3, 0.4) is 0 Å². The lowest BCUT2D eigenvalue weighted by Crippen LogP contribution is -2.05. The van der Waals surface area contributed by atoms with E-state index in [-0.39, 0.29) is 5.39 Å². The van der Waals surface area contributed by atoms with Crippen LogP contribution in [0.1, 0.15) is 11.1 Å². The van der Waals surface area contributed by atoms with E-state index in [1.807, 2.05) is 24.3 Å². The molecule has 0 bridgehead atoms. The fourth-order valence-electron chi connectivity index (χ4n) is 2.40. The second-order valence-electron chi connectivity index (χ2n) is 4.69. The van der Waals surface area contributed by atoms with Gasteiger partial charge in [-0.25, -0.2) is 0 Å². The van der Waals surface area contributed by atoms with Crippen molar-refractivity contribution >= 4 is 37.5 Å². The van der Waals surface area contributed by atoms with Crippen molar-refractivity contribution in [2.24, 2.45) is 0 Å². The topological polar surface area (TPSA) is 0 Å². The third kappa shape index (κ3) is 2.29. The average molecular weight is 339 g/mol. The zero-order valence-electron chi connectivity index (χ0n) is 10.3. The lowest BCUT2D eigenvalue weighted by atomic mass is 9.98. The summed E-state index contributed by atoms with van der Waals surface area (Å²) in [5, 5.41) is 3.36. The molecule has 0 nitrogen and oxygen atoms in total. The van der Waals surface area contributed by atoms with Gasteiger partial charge < -0.3 is 0 Å². The van der Waals surface area contributed by atoms with Crippen molar-refractivity contribution in [1.82, 2.24) is 0 Å². The summed E-state index contributed by atoms with van der Waals surface area (Å²) >= 11 is 3.38. The molecule has 0 N–H and O–H groups in total. The molecule has 0 heterocycles. The Hall–Kier alpha value is -1.55. The van der Waals surface area contributed by atoms with Crippen molar-refractivity contribution < 1.29 is 13.2 Å². The SMILES string of the molecule is FC(F)(F)c1cccc2cc3cc(CBr)ccc3cc12. The molecular weight excluding hydrogens is 329 g/mol. The highest BCUT2D eigenvalue weighted by Crippen LogP contribution is 2.36. The third-order valence-corrected chi connectivity index (χ3v) is 4.01. The number of fused-ring (bicyclic) bond motifs is 2. The maximum absolute atomic E-state index is 13.0. The summed E-state index contributed by atoms with van der Waals surface area (Å²) < 4.78 is 39.1. The van der Waals surface area contributed by atoms with Crippen molar-refractivity contribution in [3.63, 3.8) is 0 Å². The van der Waals surface area contributed by atoms with Crippen LogP contribution in [0.25, 0.3) is 21.5 Å². The zero-order chi connectivity index (χ0) is 14.3. The Kier molecular flexibility index (Phi) is 3.21. The standard InChI is InChI=1S/C16H10BrF3/c17-9-10-4-5-11-8-14-12(7-13(11)6-10)2-1-3-15(14)16(18,19)20/h1-8H,9H2. The summed E-state index contributed by atoms with van der Waals surface area (Å²) in [6.07, 6.45) is -4.33. The van der Waals surface area contributed by atoms with Crippen LogP contribution in [-0.4, -0.2) is 0 Å². The predicted octanol–water partition coefficient (Wildman–Crippen LogP) is 5.91. The van der Waals surface area contributed by atoms with Crippen LogP contribution in [0.2, 0.25) is 0 Å². The molecule has 102 valence electrons. The molecule has 4 heteroatoms. The van der Waals surface area contributed by atoms with Gasteiger partial charge in [0.05, 0.1) is 5.56 Å². The summed E-state index contributed by atoms with van der Waals surface area (Å²) in [6, 6.07) is 13.5. The van der Waals surface area contributed by atoms with E-state index in [1.165, 1.54) is 6.07 Å². The minimum atomic E-state index is -4.33. The number of hydrogen-bond donors (Lipinski definition) is 0. The summed E-state index contributed by atoms with van der Waals surface area (Å²) in [5.74, 6) is 0. The first-order valence-electron chi connectivity index (χ1n) is 6.07. The van der Waals surface area contributed by atoms with E-state index in [0.717, 1.165) is 27.7 Å². The molecule has 0 saturated heterocycles. The molecular formula is C16H10BrF3. The number of hydrogen-bond acceptors (Lipinski definition) is 0. The smallest absolute Gasteiger partial charge is 0.166 e. The maximum Gasteiger partial charge on any atom is 0.417 e. The summed E-state index contributed by atoms with van der Waals surface area (Å²) in [5.41, 5.74) is 0.519. The molecule has 0 atom stereocenters. The molecule has 0 fully saturated rings. The van der Waals surface area contributed by atoms with Crippen molar-refractivity contribution in [3.05, 3.63) is 59.7 Å². The van der Waals surface area contributed by atoms with Crippen LogP contribution in [-0.2, 0) is 11.5 Å². The van der Waals surface area contributed by atoms with E-state index in [4.69, 9.17) is 0 Å². The Labute approximate surface area is 122 Å². The minimum Gasteiger partial charge on any atom is -0.166 e. The quantitative estimate of drug-likeness (QED) is 0.382. The fraction of sp³-hybridized carbons (Fsp3) is 0.125. The van der Waals surface area contributed by atoms with Crippen LogP contribution in [0.15, 0.2) is 48.5 Å². The lowest BCUT2D eigenvalue weighted by Gasteiger charge is -2.11.